The molecule has 1 heterocycles. The van der Waals surface area contributed by atoms with Gasteiger partial charge in [-0.25, -0.2) is 0 Å². The summed E-state index contributed by atoms with van der Waals surface area (Å²) in [5.74, 6) is 0. The average molecular weight is 171 g/mol. The smallest absolute Gasteiger partial charge is 0.0684 e. The van der Waals surface area contributed by atoms with Gasteiger partial charge in [-0.1, -0.05) is 6.92 Å². The fourth-order valence-electron chi connectivity index (χ4n) is 2.23. The van der Waals surface area contributed by atoms with E-state index in [9.17, 15) is 5.11 Å². The minimum Gasteiger partial charge on any atom is -0.392 e. The van der Waals surface area contributed by atoms with Gasteiger partial charge in [-0.15, -0.1) is 0 Å². The number of nitrogens with zero attached hydrogens (tertiary/aromatic N) is 1. The highest BCUT2D eigenvalue weighted by Gasteiger charge is 2.39. The topological polar surface area (TPSA) is 23.5 Å². The van der Waals surface area contributed by atoms with Crippen molar-refractivity contribution in [3.05, 3.63) is 0 Å². The van der Waals surface area contributed by atoms with Gasteiger partial charge >= 0.3 is 0 Å². The van der Waals surface area contributed by atoms with Crippen molar-refractivity contribution in [3.8, 4) is 0 Å². The molecule has 1 aliphatic rings. The Hall–Kier alpha value is -0.0800. The van der Waals surface area contributed by atoms with E-state index in [-0.39, 0.29) is 11.6 Å². The lowest BCUT2D eigenvalue weighted by molar-refractivity contribution is 0.116. The van der Waals surface area contributed by atoms with Gasteiger partial charge in [-0.2, -0.15) is 0 Å². The number of aliphatic hydroxyl groups excluding tert-OH is 1. The molecule has 1 fully saturated rings. The van der Waals surface area contributed by atoms with E-state index >= 15 is 0 Å². The first-order chi connectivity index (χ1) is 5.47. The normalized spacial score (nSPS) is 32.2. The van der Waals surface area contributed by atoms with Crippen LogP contribution in [-0.4, -0.2) is 34.2 Å². The fraction of sp³-hybridized carbons (Fsp3) is 1.00. The van der Waals surface area contributed by atoms with Gasteiger partial charge in [0.2, 0.25) is 0 Å². The van der Waals surface area contributed by atoms with E-state index in [1.807, 2.05) is 0 Å². The zero-order chi connectivity index (χ0) is 9.35. The van der Waals surface area contributed by atoms with Crippen LogP contribution in [0.25, 0.3) is 0 Å². The van der Waals surface area contributed by atoms with Gasteiger partial charge in [0, 0.05) is 18.1 Å². The maximum atomic E-state index is 9.54. The summed E-state index contributed by atoms with van der Waals surface area (Å²) in [5, 5.41) is 9.54. The Balaban J connectivity index is 2.64. The highest BCUT2D eigenvalue weighted by atomic mass is 16.3. The molecule has 1 saturated heterocycles. The molecule has 0 aromatic rings. The van der Waals surface area contributed by atoms with Crippen LogP contribution < -0.4 is 0 Å². The zero-order valence-corrected chi connectivity index (χ0v) is 8.67. The molecule has 2 heteroatoms. The van der Waals surface area contributed by atoms with E-state index in [0.29, 0.717) is 6.04 Å². The van der Waals surface area contributed by atoms with Gasteiger partial charge in [-0.05, 0) is 33.6 Å². The van der Waals surface area contributed by atoms with E-state index in [1.54, 1.807) is 0 Å². The summed E-state index contributed by atoms with van der Waals surface area (Å²) in [6.07, 6.45) is 1.96. The second kappa shape index (κ2) is 3.35. The summed E-state index contributed by atoms with van der Waals surface area (Å²) in [4.78, 5) is 2.41. The summed E-state index contributed by atoms with van der Waals surface area (Å²) in [6.45, 7) is 9.72. The van der Waals surface area contributed by atoms with Crippen LogP contribution in [0.4, 0.5) is 0 Å². The summed E-state index contributed by atoms with van der Waals surface area (Å²) in [6, 6.07) is 0.595. The largest absolute Gasteiger partial charge is 0.392 e. The average Bonchev–Trinajstić information content (AvgIpc) is 2.23. The molecule has 2 atom stereocenters. The van der Waals surface area contributed by atoms with Crippen molar-refractivity contribution in [3.63, 3.8) is 0 Å². The first-order valence-corrected chi connectivity index (χ1v) is 4.92. The van der Waals surface area contributed by atoms with E-state index in [2.05, 4.69) is 32.6 Å². The molecule has 0 bridgehead atoms. The van der Waals surface area contributed by atoms with Crippen molar-refractivity contribution in [2.45, 2.75) is 58.2 Å². The Kier molecular flexibility index (Phi) is 2.79. The zero-order valence-electron chi connectivity index (χ0n) is 8.67. The molecule has 2 nitrogen and oxygen atoms in total. The highest BCUT2D eigenvalue weighted by molar-refractivity contribution is 4.94. The molecule has 0 spiro atoms. The van der Waals surface area contributed by atoms with Crippen LogP contribution >= 0.6 is 0 Å². The Morgan fingerprint density at radius 3 is 2.50 bits per heavy atom. The van der Waals surface area contributed by atoms with Crippen molar-refractivity contribution in [1.29, 1.82) is 0 Å². The van der Waals surface area contributed by atoms with Crippen LogP contribution in [0.3, 0.4) is 0 Å². The quantitative estimate of drug-likeness (QED) is 0.682. The van der Waals surface area contributed by atoms with Crippen molar-refractivity contribution in [2.75, 3.05) is 6.54 Å². The van der Waals surface area contributed by atoms with Crippen LogP contribution in [0.5, 0.6) is 0 Å². The number of aliphatic hydroxyl groups is 1. The maximum Gasteiger partial charge on any atom is 0.0684 e. The molecule has 1 aliphatic heterocycles. The third-order valence-corrected chi connectivity index (χ3v) is 3.04. The van der Waals surface area contributed by atoms with Gasteiger partial charge in [0.25, 0.3) is 0 Å². The second-order valence-corrected chi connectivity index (χ2v) is 4.58. The lowest BCUT2D eigenvalue weighted by atomic mass is 9.99. The van der Waals surface area contributed by atoms with Crippen LogP contribution in [0.2, 0.25) is 0 Å². The monoisotopic (exact) mass is 171 g/mol. The Bertz CT molecular complexity index is 156. The molecule has 0 saturated carbocycles. The predicted molar refractivity (Wildman–Crippen MR) is 51.2 cm³/mol. The molecule has 2 unspecified atom stereocenters. The summed E-state index contributed by atoms with van der Waals surface area (Å²) in [5.41, 5.74) is 0.189. The van der Waals surface area contributed by atoms with E-state index in [1.165, 1.54) is 0 Å². The standard InChI is InChI=1S/C10H21NO/c1-5-8(2)11-7-9(12)6-10(11,3)4/h8-9,12H,5-7H2,1-4H3. The third-order valence-electron chi connectivity index (χ3n) is 3.04. The number of likely N-dealkylation sites (tertiary alicyclic amines) is 1. The summed E-state index contributed by atoms with van der Waals surface area (Å²) >= 11 is 0. The molecule has 0 aliphatic carbocycles. The third kappa shape index (κ3) is 1.80. The molecular weight excluding hydrogens is 150 g/mol. The minimum atomic E-state index is -0.117. The van der Waals surface area contributed by atoms with Crippen molar-refractivity contribution < 1.29 is 5.11 Å². The van der Waals surface area contributed by atoms with E-state index in [0.717, 1.165) is 19.4 Å². The minimum absolute atomic E-state index is 0.117. The molecule has 72 valence electrons. The molecule has 1 N–H and O–H groups in total. The van der Waals surface area contributed by atoms with Gasteiger partial charge < -0.3 is 5.11 Å². The van der Waals surface area contributed by atoms with Gasteiger partial charge in [0.1, 0.15) is 0 Å². The van der Waals surface area contributed by atoms with Crippen LogP contribution in [0, 0.1) is 0 Å². The Morgan fingerprint density at radius 2 is 2.17 bits per heavy atom. The first kappa shape index (κ1) is 10.0. The van der Waals surface area contributed by atoms with Gasteiger partial charge in [0.15, 0.2) is 0 Å². The van der Waals surface area contributed by atoms with Crippen LogP contribution in [0.15, 0.2) is 0 Å². The van der Waals surface area contributed by atoms with E-state index < -0.39 is 0 Å². The lowest BCUT2D eigenvalue weighted by Gasteiger charge is -2.35. The highest BCUT2D eigenvalue weighted by Crippen LogP contribution is 2.31. The summed E-state index contributed by atoms with van der Waals surface area (Å²) < 4.78 is 0. The number of hydrogen-bond donors (Lipinski definition) is 1. The first-order valence-electron chi connectivity index (χ1n) is 4.92. The Labute approximate surface area is 75.6 Å². The predicted octanol–water partition coefficient (Wildman–Crippen LogP) is 1.63. The molecule has 0 aromatic carbocycles. The second-order valence-electron chi connectivity index (χ2n) is 4.58. The SMILES string of the molecule is CCC(C)N1CC(O)CC1(C)C. The van der Waals surface area contributed by atoms with Crippen molar-refractivity contribution >= 4 is 0 Å². The number of β-amino-alcohol motifs (C(OH)–C–C–N with tert-alkyl or cyclic N) is 1. The molecule has 0 aromatic heterocycles. The molecule has 12 heavy (non-hydrogen) atoms. The lowest BCUT2D eigenvalue weighted by Crippen LogP contribution is -2.43. The fourth-order valence-corrected chi connectivity index (χ4v) is 2.23. The molecular formula is C10H21NO. The van der Waals surface area contributed by atoms with Crippen LogP contribution in [0.1, 0.15) is 40.5 Å². The maximum absolute atomic E-state index is 9.54. The number of rotatable bonds is 2. The summed E-state index contributed by atoms with van der Waals surface area (Å²) in [7, 11) is 0. The number of hydrogen-bond acceptors (Lipinski definition) is 2. The van der Waals surface area contributed by atoms with E-state index in [4.69, 9.17) is 0 Å². The van der Waals surface area contributed by atoms with Gasteiger partial charge in [-0.3, -0.25) is 4.90 Å². The van der Waals surface area contributed by atoms with Crippen LogP contribution in [-0.2, 0) is 0 Å². The van der Waals surface area contributed by atoms with Crippen molar-refractivity contribution in [2.24, 2.45) is 0 Å². The molecule has 1 rings (SSSR count). The molecule has 0 amide bonds. The van der Waals surface area contributed by atoms with Crippen molar-refractivity contribution in [1.82, 2.24) is 4.90 Å². The van der Waals surface area contributed by atoms with Gasteiger partial charge in [0.05, 0.1) is 6.10 Å². The Morgan fingerprint density at radius 1 is 1.58 bits per heavy atom. The molecule has 0 radical (unpaired) electrons.